The van der Waals surface area contributed by atoms with Gasteiger partial charge in [-0.2, -0.15) is 0 Å². The van der Waals surface area contributed by atoms with Crippen LogP contribution in [0.2, 0.25) is 0 Å². The predicted octanol–water partition coefficient (Wildman–Crippen LogP) is 0.687. The van der Waals surface area contributed by atoms with Crippen LogP contribution in [-0.4, -0.2) is 41.5 Å². The molecule has 0 aromatic carbocycles. The Morgan fingerprint density at radius 3 is 2.53 bits per heavy atom. The second-order valence-corrected chi connectivity index (χ2v) is 4.36. The topological polar surface area (TPSA) is 79.1 Å². The van der Waals surface area contributed by atoms with Crippen molar-refractivity contribution in [3.8, 4) is 0 Å². The summed E-state index contributed by atoms with van der Waals surface area (Å²) in [5, 5.41) is 3.33. The Labute approximate surface area is 103 Å². The molecule has 96 valence electrons. The van der Waals surface area contributed by atoms with Gasteiger partial charge < -0.3 is 15.6 Å². The maximum absolute atomic E-state index is 5.38. The fraction of sp³-hybridized carbons (Fsp3) is 0.636. The second kappa shape index (κ2) is 6.36. The average Bonchev–Trinajstić information content (AvgIpc) is 2.27. The SMILES string of the molecule is CCc1nc(NN)cc(NC(C)CN(C)C)n1. The van der Waals surface area contributed by atoms with Gasteiger partial charge in [0.2, 0.25) is 0 Å². The lowest BCUT2D eigenvalue weighted by Crippen LogP contribution is -2.30. The summed E-state index contributed by atoms with van der Waals surface area (Å²) in [6, 6.07) is 2.13. The highest BCUT2D eigenvalue weighted by Gasteiger charge is 2.07. The van der Waals surface area contributed by atoms with Crippen LogP contribution < -0.4 is 16.6 Å². The number of hydrazine groups is 1. The van der Waals surface area contributed by atoms with Gasteiger partial charge in [0.1, 0.15) is 17.5 Å². The minimum Gasteiger partial charge on any atom is -0.366 e. The van der Waals surface area contributed by atoms with Crippen molar-refractivity contribution >= 4 is 11.6 Å². The third-order valence-corrected chi connectivity index (χ3v) is 2.27. The van der Waals surface area contributed by atoms with E-state index in [4.69, 9.17) is 5.84 Å². The van der Waals surface area contributed by atoms with Gasteiger partial charge in [-0.25, -0.2) is 15.8 Å². The number of anilines is 2. The van der Waals surface area contributed by atoms with Gasteiger partial charge in [-0.05, 0) is 21.0 Å². The van der Waals surface area contributed by atoms with Crippen LogP contribution in [0, 0.1) is 0 Å². The maximum Gasteiger partial charge on any atom is 0.145 e. The smallest absolute Gasteiger partial charge is 0.145 e. The van der Waals surface area contributed by atoms with E-state index in [-0.39, 0.29) is 0 Å². The van der Waals surface area contributed by atoms with Crippen LogP contribution in [0.4, 0.5) is 11.6 Å². The molecule has 17 heavy (non-hydrogen) atoms. The minimum atomic E-state index is 0.315. The van der Waals surface area contributed by atoms with Crippen molar-refractivity contribution in [1.82, 2.24) is 14.9 Å². The van der Waals surface area contributed by atoms with Crippen molar-refractivity contribution in [1.29, 1.82) is 0 Å². The fourth-order valence-corrected chi connectivity index (χ4v) is 1.65. The van der Waals surface area contributed by atoms with E-state index >= 15 is 0 Å². The van der Waals surface area contributed by atoms with Crippen molar-refractivity contribution in [3.63, 3.8) is 0 Å². The van der Waals surface area contributed by atoms with E-state index in [2.05, 4.69) is 32.5 Å². The number of rotatable bonds is 6. The molecule has 0 aliphatic rings. The number of nitrogen functional groups attached to an aromatic ring is 1. The Morgan fingerprint density at radius 1 is 1.35 bits per heavy atom. The van der Waals surface area contributed by atoms with Crippen LogP contribution in [0.3, 0.4) is 0 Å². The normalized spacial score (nSPS) is 12.6. The third-order valence-electron chi connectivity index (χ3n) is 2.27. The first-order chi connectivity index (χ1) is 8.05. The summed E-state index contributed by atoms with van der Waals surface area (Å²) in [7, 11) is 4.09. The summed E-state index contributed by atoms with van der Waals surface area (Å²) in [6.45, 7) is 5.07. The van der Waals surface area contributed by atoms with Crippen molar-refractivity contribution in [2.75, 3.05) is 31.4 Å². The second-order valence-electron chi connectivity index (χ2n) is 4.36. The molecule has 0 radical (unpaired) electrons. The van der Waals surface area contributed by atoms with Gasteiger partial charge in [0.05, 0.1) is 0 Å². The van der Waals surface area contributed by atoms with Crippen LogP contribution in [0.5, 0.6) is 0 Å². The molecule has 1 aromatic heterocycles. The molecule has 6 nitrogen and oxygen atoms in total. The molecule has 0 fully saturated rings. The standard InChI is InChI=1S/C11H22N6/c1-5-9-14-10(6-11(15-9)16-12)13-8(2)7-17(3)4/h6,8H,5,7,12H2,1-4H3,(H2,13,14,15,16). The van der Waals surface area contributed by atoms with E-state index in [1.807, 2.05) is 27.1 Å². The molecule has 1 heterocycles. The minimum absolute atomic E-state index is 0.315. The molecular formula is C11H22N6. The fourth-order valence-electron chi connectivity index (χ4n) is 1.65. The molecule has 6 heteroatoms. The Morgan fingerprint density at radius 2 is 2.00 bits per heavy atom. The van der Waals surface area contributed by atoms with Gasteiger partial charge in [0.25, 0.3) is 0 Å². The van der Waals surface area contributed by atoms with Gasteiger partial charge in [0.15, 0.2) is 0 Å². The van der Waals surface area contributed by atoms with E-state index in [0.717, 1.165) is 24.6 Å². The van der Waals surface area contributed by atoms with Crippen molar-refractivity contribution in [2.45, 2.75) is 26.3 Å². The summed E-state index contributed by atoms with van der Waals surface area (Å²) >= 11 is 0. The number of nitrogens with one attached hydrogen (secondary N) is 2. The number of nitrogens with two attached hydrogens (primary N) is 1. The zero-order valence-corrected chi connectivity index (χ0v) is 11.0. The molecule has 0 aliphatic carbocycles. The van der Waals surface area contributed by atoms with E-state index in [1.165, 1.54) is 0 Å². The highest BCUT2D eigenvalue weighted by molar-refractivity contribution is 5.47. The van der Waals surface area contributed by atoms with Crippen molar-refractivity contribution in [3.05, 3.63) is 11.9 Å². The van der Waals surface area contributed by atoms with Gasteiger partial charge in [0, 0.05) is 25.1 Å². The molecule has 1 aromatic rings. The lowest BCUT2D eigenvalue weighted by molar-refractivity contribution is 0.392. The van der Waals surface area contributed by atoms with Gasteiger partial charge >= 0.3 is 0 Å². The molecule has 0 amide bonds. The van der Waals surface area contributed by atoms with Crippen molar-refractivity contribution < 1.29 is 0 Å². The largest absolute Gasteiger partial charge is 0.366 e. The summed E-state index contributed by atoms with van der Waals surface area (Å²) in [5.41, 5.74) is 2.55. The number of aryl methyl sites for hydroxylation is 1. The Kier molecular flexibility index (Phi) is 5.11. The highest BCUT2D eigenvalue weighted by atomic mass is 15.3. The van der Waals surface area contributed by atoms with Crippen molar-refractivity contribution in [2.24, 2.45) is 5.84 Å². The average molecular weight is 238 g/mol. The Bertz CT molecular complexity index is 330. The monoisotopic (exact) mass is 238 g/mol. The van der Waals surface area contributed by atoms with Crippen LogP contribution in [0.15, 0.2) is 6.07 Å². The first-order valence-corrected chi connectivity index (χ1v) is 5.81. The van der Waals surface area contributed by atoms with Crippen LogP contribution in [-0.2, 0) is 6.42 Å². The molecule has 0 bridgehead atoms. The molecule has 4 N–H and O–H groups in total. The zero-order chi connectivity index (χ0) is 12.8. The molecule has 0 aliphatic heterocycles. The third kappa shape index (κ3) is 4.54. The summed E-state index contributed by atoms with van der Waals surface area (Å²) < 4.78 is 0. The molecule has 0 saturated carbocycles. The molecule has 0 saturated heterocycles. The number of nitrogens with zero attached hydrogens (tertiary/aromatic N) is 3. The van der Waals surface area contributed by atoms with Crippen LogP contribution in [0.1, 0.15) is 19.7 Å². The lowest BCUT2D eigenvalue weighted by atomic mass is 10.3. The number of hydrogen-bond acceptors (Lipinski definition) is 6. The number of hydrogen-bond donors (Lipinski definition) is 3. The molecule has 1 rings (SSSR count). The molecular weight excluding hydrogens is 216 g/mol. The van der Waals surface area contributed by atoms with E-state index in [0.29, 0.717) is 11.9 Å². The van der Waals surface area contributed by atoms with Gasteiger partial charge in [-0.1, -0.05) is 6.92 Å². The summed E-state index contributed by atoms with van der Waals surface area (Å²) in [6.07, 6.45) is 0.784. The molecule has 1 unspecified atom stereocenters. The van der Waals surface area contributed by atoms with Gasteiger partial charge in [-0.3, -0.25) is 0 Å². The first-order valence-electron chi connectivity index (χ1n) is 5.81. The molecule has 1 atom stereocenters. The highest BCUT2D eigenvalue weighted by Crippen LogP contribution is 2.11. The quantitative estimate of drug-likeness (QED) is 0.500. The summed E-state index contributed by atoms with van der Waals surface area (Å²) in [5.74, 6) is 7.60. The maximum atomic E-state index is 5.38. The number of aromatic nitrogens is 2. The van der Waals surface area contributed by atoms with E-state index in [9.17, 15) is 0 Å². The molecule has 0 spiro atoms. The van der Waals surface area contributed by atoms with Crippen LogP contribution in [0.25, 0.3) is 0 Å². The summed E-state index contributed by atoms with van der Waals surface area (Å²) in [4.78, 5) is 10.8. The number of likely N-dealkylation sites (N-methyl/N-ethyl adjacent to an activating group) is 1. The first kappa shape index (κ1) is 13.7. The Balaban J connectivity index is 2.75. The lowest BCUT2D eigenvalue weighted by Gasteiger charge is -2.19. The van der Waals surface area contributed by atoms with E-state index < -0.39 is 0 Å². The van der Waals surface area contributed by atoms with Crippen LogP contribution >= 0.6 is 0 Å². The van der Waals surface area contributed by atoms with E-state index in [1.54, 1.807) is 0 Å². The van der Waals surface area contributed by atoms with Gasteiger partial charge in [-0.15, -0.1) is 0 Å². The predicted molar refractivity (Wildman–Crippen MR) is 70.9 cm³/mol. The Hall–Kier alpha value is -1.40. The zero-order valence-electron chi connectivity index (χ0n) is 11.0.